The van der Waals surface area contributed by atoms with Crippen molar-refractivity contribution < 1.29 is 14.3 Å². The van der Waals surface area contributed by atoms with E-state index in [0.29, 0.717) is 12.5 Å². The Hall–Kier alpha value is -2.24. The minimum atomic E-state index is -0.483. The van der Waals surface area contributed by atoms with E-state index in [1.165, 1.54) is 5.56 Å². The number of piperazine rings is 1. The van der Waals surface area contributed by atoms with Crippen molar-refractivity contribution >= 4 is 23.4 Å². The van der Waals surface area contributed by atoms with Gasteiger partial charge in [0.25, 0.3) is 0 Å². The van der Waals surface area contributed by atoms with E-state index in [1.807, 2.05) is 30.6 Å². The predicted octanol–water partition coefficient (Wildman–Crippen LogP) is 4.07. The first kappa shape index (κ1) is 21.5. The number of carbonyl (C=O) groups excluding carboxylic acids is 2. The molecule has 0 aromatic heterocycles. The van der Waals surface area contributed by atoms with Crippen LogP contribution >= 0.6 is 0 Å². The molecule has 0 bridgehead atoms. The molecule has 2 heterocycles. The van der Waals surface area contributed by atoms with Crippen molar-refractivity contribution in [2.24, 2.45) is 5.92 Å². The molecule has 1 saturated heterocycles. The van der Waals surface area contributed by atoms with Gasteiger partial charge in [-0.1, -0.05) is 6.92 Å². The lowest BCUT2D eigenvalue weighted by Gasteiger charge is -2.42. The summed E-state index contributed by atoms with van der Waals surface area (Å²) in [6.45, 7) is 15.9. The monoisotopic (exact) mass is 401 g/mol. The van der Waals surface area contributed by atoms with E-state index >= 15 is 0 Å². The van der Waals surface area contributed by atoms with Gasteiger partial charge in [-0.2, -0.15) is 0 Å². The molecule has 1 fully saturated rings. The summed E-state index contributed by atoms with van der Waals surface area (Å²) in [5.74, 6) is 0.516. The summed E-state index contributed by atoms with van der Waals surface area (Å²) in [6.07, 6.45) is 0.733. The number of rotatable bonds is 1. The zero-order valence-corrected chi connectivity index (χ0v) is 18.9. The van der Waals surface area contributed by atoms with E-state index < -0.39 is 5.60 Å². The van der Waals surface area contributed by atoms with Gasteiger partial charge in [0.2, 0.25) is 5.91 Å². The largest absolute Gasteiger partial charge is 0.444 e. The van der Waals surface area contributed by atoms with E-state index in [4.69, 9.17) is 4.74 Å². The van der Waals surface area contributed by atoms with Gasteiger partial charge >= 0.3 is 6.09 Å². The lowest BCUT2D eigenvalue weighted by molar-refractivity contribution is -0.117. The highest BCUT2D eigenvalue weighted by atomic mass is 16.6. The van der Waals surface area contributed by atoms with E-state index in [9.17, 15) is 9.59 Å². The number of benzene rings is 1. The van der Waals surface area contributed by atoms with Crippen molar-refractivity contribution in [1.82, 2.24) is 4.90 Å². The Balaban J connectivity index is 1.76. The fourth-order valence-electron chi connectivity index (χ4n) is 4.40. The number of anilines is 2. The second-order valence-electron chi connectivity index (χ2n) is 9.59. The summed E-state index contributed by atoms with van der Waals surface area (Å²) >= 11 is 0. The number of nitrogens with zero attached hydrogens (tertiary/aromatic N) is 3. The van der Waals surface area contributed by atoms with Crippen molar-refractivity contribution in [2.75, 3.05) is 29.4 Å². The highest BCUT2D eigenvalue weighted by molar-refractivity contribution is 5.94. The third-order valence-corrected chi connectivity index (χ3v) is 6.06. The van der Waals surface area contributed by atoms with Crippen LogP contribution in [-0.4, -0.2) is 54.2 Å². The summed E-state index contributed by atoms with van der Waals surface area (Å²) in [7, 11) is 0. The maximum absolute atomic E-state index is 12.5. The number of amides is 2. The van der Waals surface area contributed by atoms with Gasteiger partial charge in [-0.3, -0.25) is 4.79 Å². The molecule has 0 aliphatic carbocycles. The molecule has 6 heteroatoms. The number of carbonyl (C=O) groups is 2. The van der Waals surface area contributed by atoms with Gasteiger partial charge in [0.1, 0.15) is 5.60 Å². The Bertz CT molecular complexity index is 786. The van der Waals surface area contributed by atoms with Crippen LogP contribution < -0.4 is 9.80 Å². The number of hydrogen-bond donors (Lipinski definition) is 0. The zero-order valence-electron chi connectivity index (χ0n) is 18.9. The van der Waals surface area contributed by atoms with Crippen molar-refractivity contribution in [3.63, 3.8) is 0 Å². The molecule has 2 aliphatic rings. The molecule has 1 aromatic carbocycles. The summed E-state index contributed by atoms with van der Waals surface area (Å²) in [5, 5.41) is 0. The van der Waals surface area contributed by atoms with Crippen LogP contribution in [-0.2, 0) is 16.0 Å². The van der Waals surface area contributed by atoms with E-state index in [-0.39, 0.29) is 24.1 Å². The third kappa shape index (κ3) is 4.51. The molecule has 3 atom stereocenters. The normalized spacial score (nSPS) is 24.9. The van der Waals surface area contributed by atoms with Crippen LogP contribution in [0.15, 0.2) is 18.2 Å². The number of hydrogen-bond acceptors (Lipinski definition) is 4. The van der Waals surface area contributed by atoms with Crippen LogP contribution in [0, 0.1) is 5.92 Å². The fraction of sp³-hybridized carbons (Fsp3) is 0.652. The molecule has 0 radical (unpaired) electrons. The highest BCUT2D eigenvalue weighted by Crippen LogP contribution is 2.36. The van der Waals surface area contributed by atoms with Crippen LogP contribution in [0.2, 0.25) is 0 Å². The quantitative estimate of drug-likeness (QED) is 0.712. The molecule has 29 heavy (non-hydrogen) atoms. The highest BCUT2D eigenvalue weighted by Gasteiger charge is 2.33. The van der Waals surface area contributed by atoms with Gasteiger partial charge in [-0.15, -0.1) is 0 Å². The molecule has 1 aromatic rings. The Kier molecular flexibility index (Phi) is 5.84. The summed E-state index contributed by atoms with van der Waals surface area (Å²) < 4.78 is 5.55. The molecule has 2 unspecified atom stereocenters. The average Bonchev–Trinajstić information content (AvgIpc) is 2.60. The van der Waals surface area contributed by atoms with E-state index in [1.54, 1.807) is 6.92 Å². The number of fused-ring (bicyclic) bond motifs is 1. The molecule has 2 aliphatic heterocycles. The van der Waals surface area contributed by atoms with Gasteiger partial charge < -0.3 is 19.4 Å². The molecular weight excluding hydrogens is 366 g/mol. The topological polar surface area (TPSA) is 53.1 Å². The summed E-state index contributed by atoms with van der Waals surface area (Å²) in [5.41, 5.74) is 2.94. The molecular formula is C23H35N3O3. The Morgan fingerprint density at radius 2 is 1.79 bits per heavy atom. The lowest BCUT2D eigenvalue weighted by atomic mass is 9.87. The maximum Gasteiger partial charge on any atom is 0.410 e. The second kappa shape index (κ2) is 7.88. The molecule has 3 rings (SSSR count). The van der Waals surface area contributed by atoms with Crippen molar-refractivity contribution in [3.05, 3.63) is 23.8 Å². The van der Waals surface area contributed by atoms with Crippen LogP contribution in [0.5, 0.6) is 0 Å². The second-order valence-corrected chi connectivity index (χ2v) is 9.59. The van der Waals surface area contributed by atoms with Crippen LogP contribution in [0.4, 0.5) is 16.2 Å². The first-order chi connectivity index (χ1) is 13.5. The van der Waals surface area contributed by atoms with Gasteiger partial charge in [0.15, 0.2) is 0 Å². The van der Waals surface area contributed by atoms with Crippen LogP contribution in [0.25, 0.3) is 0 Å². The zero-order chi connectivity index (χ0) is 21.5. The predicted molar refractivity (Wildman–Crippen MR) is 117 cm³/mol. The van der Waals surface area contributed by atoms with Gasteiger partial charge in [-0.25, -0.2) is 4.79 Å². The Morgan fingerprint density at radius 3 is 2.38 bits per heavy atom. The summed E-state index contributed by atoms with van der Waals surface area (Å²) in [6, 6.07) is 6.70. The SMILES string of the molecule is CC(=O)N1c2ccc(N3CCN(C(=O)OC(C)(C)C)C(C)C3)cc2CC(C)[C@@H]1C. The van der Waals surface area contributed by atoms with Crippen molar-refractivity contribution in [1.29, 1.82) is 0 Å². The Morgan fingerprint density at radius 1 is 1.10 bits per heavy atom. The van der Waals surface area contributed by atoms with E-state index in [2.05, 4.69) is 43.9 Å². The maximum atomic E-state index is 12.5. The van der Waals surface area contributed by atoms with Crippen molar-refractivity contribution in [3.8, 4) is 0 Å². The molecule has 6 nitrogen and oxygen atoms in total. The Labute approximate surface area is 174 Å². The van der Waals surface area contributed by atoms with Gasteiger partial charge in [0.05, 0.1) is 0 Å². The van der Waals surface area contributed by atoms with E-state index in [0.717, 1.165) is 30.9 Å². The van der Waals surface area contributed by atoms with Crippen LogP contribution in [0.1, 0.15) is 54.0 Å². The number of ether oxygens (including phenoxy) is 1. The fourth-order valence-corrected chi connectivity index (χ4v) is 4.40. The lowest BCUT2D eigenvalue weighted by Crippen LogP contribution is -2.55. The van der Waals surface area contributed by atoms with Crippen LogP contribution in [0.3, 0.4) is 0 Å². The first-order valence-electron chi connectivity index (χ1n) is 10.6. The molecule has 0 N–H and O–H groups in total. The molecule has 0 saturated carbocycles. The molecule has 0 spiro atoms. The third-order valence-electron chi connectivity index (χ3n) is 6.06. The smallest absolute Gasteiger partial charge is 0.410 e. The minimum absolute atomic E-state index is 0.0716. The van der Waals surface area contributed by atoms with Gasteiger partial charge in [-0.05, 0) is 70.7 Å². The minimum Gasteiger partial charge on any atom is -0.444 e. The molecule has 160 valence electrons. The van der Waals surface area contributed by atoms with Crippen molar-refractivity contribution in [2.45, 2.75) is 72.6 Å². The average molecular weight is 402 g/mol. The molecule has 2 amide bonds. The first-order valence-corrected chi connectivity index (χ1v) is 10.6. The summed E-state index contributed by atoms with van der Waals surface area (Å²) in [4.78, 5) is 30.8. The standard InChI is InChI=1S/C23H35N3O3/c1-15-12-19-13-20(8-9-21(19)26(17(15)3)18(4)27)24-10-11-25(16(2)14-24)22(28)29-23(5,6)7/h8-9,13,15-17H,10-12,14H2,1-7H3/t15?,16?,17-/m0/s1. The van der Waals surface area contributed by atoms with Gasteiger partial charge in [0, 0.05) is 50.0 Å².